The van der Waals surface area contributed by atoms with Gasteiger partial charge in [-0.15, -0.1) is 0 Å². The fourth-order valence-corrected chi connectivity index (χ4v) is 3.35. The van der Waals surface area contributed by atoms with Crippen LogP contribution in [0.15, 0.2) is 30.3 Å². The van der Waals surface area contributed by atoms with Crippen LogP contribution >= 0.6 is 0 Å². The summed E-state index contributed by atoms with van der Waals surface area (Å²) < 4.78 is 0. The standard InChI is InChI=1S/C14H17NO/c16-11-13-7-4-8-15-10-14(13,9-13)12-5-2-1-3-6-12/h1-3,5-6,11,15H,4,7-10H2/t13-,14-/m1/s1. The first-order chi connectivity index (χ1) is 7.83. The maximum absolute atomic E-state index is 11.4. The fraction of sp³-hybridized carbons (Fsp3) is 0.500. The van der Waals surface area contributed by atoms with Crippen LogP contribution in [0.2, 0.25) is 0 Å². The number of carbonyl (C=O) groups is 1. The molecular formula is C14H17NO. The van der Waals surface area contributed by atoms with Crippen molar-refractivity contribution in [2.24, 2.45) is 5.41 Å². The summed E-state index contributed by atoms with van der Waals surface area (Å²) in [6, 6.07) is 10.5. The Labute approximate surface area is 96.1 Å². The van der Waals surface area contributed by atoms with Crippen LogP contribution in [-0.2, 0) is 10.2 Å². The van der Waals surface area contributed by atoms with Crippen LogP contribution in [0.3, 0.4) is 0 Å². The summed E-state index contributed by atoms with van der Waals surface area (Å²) in [4.78, 5) is 11.4. The molecule has 2 nitrogen and oxygen atoms in total. The monoisotopic (exact) mass is 215 g/mol. The maximum atomic E-state index is 11.4. The van der Waals surface area contributed by atoms with Crippen LogP contribution < -0.4 is 5.32 Å². The van der Waals surface area contributed by atoms with Crippen LogP contribution in [0.1, 0.15) is 24.8 Å². The molecule has 1 aromatic rings. The molecular weight excluding hydrogens is 198 g/mol. The van der Waals surface area contributed by atoms with Crippen molar-refractivity contribution in [1.29, 1.82) is 0 Å². The summed E-state index contributed by atoms with van der Waals surface area (Å²) in [5.74, 6) is 0. The van der Waals surface area contributed by atoms with E-state index >= 15 is 0 Å². The summed E-state index contributed by atoms with van der Waals surface area (Å²) >= 11 is 0. The quantitative estimate of drug-likeness (QED) is 0.763. The molecule has 2 fully saturated rings. The second kappa shape index (κ2) is 3.42. The third-order valence-electron chi connectivity index (χ3n) is 4.40. The summed E-state index contributed by atoms with van der Waals surface area (Å²) in [5.41, 5.74) is 1.35. The van der Waals surface area contributed by atoms with Crippen molar-refractivity contribution >= 4 is 6.29 Å². The Morgan fingerprint density at radius 3 is 2.81 bits per heavy atom. The molecule has 0 bridgehead atoms. The molecule has 1 N–H and O–H groups in total. The van der Waals surface area contributed by atoms with Crippen molar-refractivity contribution in [2.45, 2.75) is 24.7 Å². The number of hydrogen-bond donors (Lipinski definition) is 1. The SMILES string of the molecule is O=C[C@]12CCCNC[C@@]1(c1ccccc1)C2. The van der Waals surface area contributed by atoms with E-state index in [1.807, 2.05) is 6.07 Å². The van der Waals surface area contributed by atoms with Gasteiger partial charge in [-0.2, -0.15) is 0 Å². The Morgan fingerprint density at radius 2 is 2.06 bits per heavy atom. The molecule has 0 unspecified atom stereocenters. The van der Waals surface area contributed by atoms with E-state index in [-0.39, 0.29) is 10.8 Å². The zero-order valence-corrected chi connectivity index (χ0v) is 9.41. The molecule has 0 spiro atoms. The molecule has 84 valence electrons. The zero-order chi connectivity index (χ0) is 11.1. The van der Waals surface area contributed by atoms with Gasteiger partial charge in [-0.05, 0) is 31.4 Å². The molecule has 1 aliphatic heterocycles. The van der Waals surface area contributed by atoms with Gasteiger partial charge in [0.2, 0.25) is 0 Å². The van der Waals surface area contributed by atoms with Crippen molar-refractivity contribution in [2.75, 3.05) is 13.1 Å². The highest BCUT2D eigenvalue weighted by molar-refractivity contribution is 5.71. The normalized spacial score (nSPS) is 37.2. The summed E-state index contributed by atoms with van der Waals surface area (Å²) in [6.45, 7) is 2.00. The maximum Gasteiger partial charge on any atom is 0.127 e. The molecule has 2 aliphatic rings. The Balaban J connectivity index is 2.01. The minimum absolute atomic E-state index is 0.0716. The van der Waals surface area contributed by atoms with Gasteiger partial charge in [-0.3, -0.25) is 0 Å². The number of rotatable bonds is 2. The lowest BCUT2D eigenvalue weighted by Gasteiger charge is -2.20. The Bertz CT molecular complexity index is 402. The van der Waals surface area contributed by atoms with Gasteiger partial charge < -0.3 is 10.1 Å². The van der Waals surface area contributed by atoms with Crippen molar-refractivity contribution in [3.05, 3.63) is 35.9 Å². The molecule has 1 aliphatic carbocycles. The van der Waals surface area contributed by atoms with Gasteiger partial charge in [0.25, 0.3) is 0 Å². The summed E-state index contributed by atoms with van der Waals surface area (Å²) in [5, 5.41) is 3.48. The molecule has 0 radical (unpaired) electrons. The molecule has 1 heterocycles. The fourth-order valence-electron chi connectivity index (χ4n) is 3.35. The molecule has 3 rings (SSSR count). The molecule has 0 aromatic heterocycles. The third-order valence-corrected chi connectivity index (χ3v) is 4.40. The highest BCUT2D eigenvalue weighted by atomic mass is 16.1. The first-order valence-electron chi connectivity index (χ1n) is 6.06. The second-order valence-electron chi connectivity index (χ2n) is 5.18. The number of aldehydes is 1. The molecule has 1 saturated heterocycles. The van der Waals surface area contributed by atoms with E-state index in [9.17, 15) is 4.79 Å². The highest BCUT2D eigenvalue weighted by Crippen LogP contribution is 2.66. The van der Waals surface area contributed by atoms with Gasteiger partial charge in [0, 0.05) is 17.4 Å². The van der Waals surface area contributed by atoms with E-state index in [0.29, 0.717) is 0 Å². The predicted octanol–water partition coefficient (Wildman–Crippen LogP) is 1.90. The van der Waals surface area contributed by atoms with Crippen LogP contribution in [0.25, 0.3) is 0 Å². The van der Waals surface area contributed by atoms with E-state index in [4.69, 9.17) is 0 Å². The molecule has 2 atom stereocenters. The first-order valence-corrected chi connectivity index (χ1v) is 6.06. The molecule has 1 saturated carbocycles. The van der Waals surface area contributed by atoms with Crippen molar-refractivity contribution in [3.8, 4) is 0 Å². The minimum Gasteiger partial charge on any atom is -0.316 e. The summed E-state index contributed by atoms with van der Waals surface area (Å²) in [6.07, 6.45) is 4.40. The van der Waals surface area contributed by atoms with E-state index in [0.717, 1.165) is 32.4 Å². The van der Waals surface area contributed by atoms with Crippen LogP contribution in [-0.4, -0.2) is 19.4 Å². The lowest BCUT2D eigenvalue weighted by Crippen LogP contribution is -2.29. The smallest absolute Gasteiger partial charge is 0.127 e. The number of nitrogens with one attached hydrogen (secondary N) is 1. The largest absolute Gasteiger partial charge is 0.316 e. The topological polar surface area (TPSA) is 29.1 Å². The number of fused-ring (bicyclic) bond motifs is 1. The van der Waals surface area contributed by atoms with Crippen LogP contribution in [0.4, 0.5) is 0 Å². The molecule has 1 aromatic carbocycles. The van der Waals surface area contributed by atoms with Gasteiger partial charge in [-0.1, -0.05) is 30.3 Å². The predicted molar refractivity (Wildman–Crippen MR) is 63.3 cm³/mol. The average molecular weight is 215 g/mol. The number of hydrogen-bond acceptors (Lipinski definition) is 2. The van der Waals surface area contributed by atoms with Crippen molar-refractivity contribution in [1.82, 2.24) is 5.32 Å². The van der Waals surface area contributed by atoms with Gasteiger partial charge in [0.05, 0.1) is 0 Å². The van der Waals surface area contributed by atoms with Gasteiger partial charge in [-0.25, -0.2) is 0 Å². The zero-order valence-electron chi connectivity index (χ0n) is 9.41. The van der Waals surface area contributed by atoms with Gasteiger partial charge in [0.15, 0.2) is 0 Å². The molecule has 16 heavy (non-hydrogen) atoms. The van der Waals surface area contributed by atoms with Crippen LogP contribution in [0, 0.1) is 5.41 Å². The minimum atomic E-state index is -0.0716. The number of benzene rings is 1. The van der Waals surface area contributed by atoms with Gasteiger partial charge in [0.1, 0.15) is 6.29 Å². The van der Waals surface area contributed by atoms with Crippen LogP contribution in [0.5, 0.6) is 0 Å². The van der Waals surface area contributed by atoms with Crippen molar-refractivity contribution in [3.63, 3.8) is 0 Å². The Morgan fingerprint density at radius 1 is 1.25 bits per heavy atom. The Hall–Kier alpha value is -1.15. The van der Waals surface area contributed by atoms with E-state index in [1.54, 1.807) is 0 Å². The summed E-state index contributed by atoms with van der Waals surface area (Å²) in [7, 11) is 0. The van der Waals surface area contributed by atoms with E-state index in [1.165, 1.54) is 11.8 Å². The van der Waals surface area contributed by atoms with Crippen molar-refractivity contribution < 1.29 is 4.79 Å². The molecule has 2 heteroatoms. The lowest BCUT2D eigenvalue weighted by atomic mass is 9.85. The third kappa shape index (κ3) is 1.20. The lowest BCUT2D eigenvalue weighted by molar-refractivity contribution is -0.113. The van der Waals surface area contributed by atoms with E-state index < -0.39 is 0 Å². The Kier molecular flexibility index (Phi) is 2.15. The average Bonchev–Trinajstić information content (AvgIpc) is 3.00. The highest BCUT2D eigenvalue weighted by Gasteiger charge is 2.67. The first kappa shape index (κ1) is 10.0. The second-order valence-corrected chi connectivity index (χ2v) is 5.18. The van der Waals surface area contributed by atoms with E-state index in [2.05, 4.69) is 29.6 Å². The van der Waals surface area contributed by atoms with Gasteiger partial charge >= 0.3 is 0 Å². The number of carbonyl (C=O) groups excluding carboxylic acids is 1. The molecule has 0 amide bonds.